The first-order valence-corrected chi connectivity index (χ1v) is 4.66. The quantitative estimate of drug-likeness (QED) is 0.790. The molecule has 0 fully saturated rings. The van der Waals surface area contributed by atoms with E-state index in [1.54, 1.807) is 10.8 Å². The Kier molecular flexibility index (Phi) is 2.70. The summed E-state index contributed by atoms with van der Waals surface area (Å²) in [6.07, 6.45) is 0. The zero-order chi connectivity index (χ0) is 10.1. The second-order valence-corrected chi connectivity index (χ2v) is 3.86. The van der Waals surface area contributed by atoms with E-state index >= 15 is 0 Å². The number of halogens is 2. The second-order valence-electron chi connectivity index (χ2n) is 3.08. The van der Waals surface area contributed by atoms with Crippen molar-refractivity contribution < 1.29 is 13.9 Å². The van der Waals surface area contributed by atoms with Gasteiger partial charge in [0, 0.05) is 0 Å². The van der Waals surface area contributed by atoms with Crippen molar-refractivity contribution in [3.8, 4) is 0 Å². The van der Waals surface area contributed by atoms with E-state index in [2.05, 4.69) is 0 Å². The van der Waals surface area contributed by atoms with E-state index in [1.807, 2.05) is 0 Å². The lowest BCUT2D eigenvalue weighted by Gasteiger charge is -2.31. The monoisotopic (exact) mass is 207 g/mol. The minimum Gasteiger partial charge on any atom is -0.390 e. The Balaban J connectivity index is 3.02. The number of hydrogen-bond acceptors (Lipinski definition) is 3. The van der Waals surface area contributed by atoms with Gasteiger partial charge < -0.3 is 10.8 Å². The lowest BCUT2D eigenvalue weighted by molar-refractivity contribution is -0.108. The van der Waals surface area contributed by atoms with Crippen molar-refractivity contribution in [2.75, 3.05) is 6.61 Å². The predicted octanol–water partition coefficient (Wildman–Crippen LogP) is 1.55. The molecule has 0 amide bonds. The summed E-state index contributed by atoms with van der Waals surface area (Å²) in [6, 6.07) is 1.54. The summed E-state index contributed by atoms with van der Waals surface area (Å²) in [5.41, 5.74) is 4.01. The van der Waals surface area contributed by atoms with Gasteiger partial charge in [0.15, 0.2) is 0 Å². The number of nitrogens with two attached hydrogens (primary N) is 1. The highest BCUT2D eigenvalue weighted by Gasteiger charge is 2.48. The molecule has 0 aliphatic heterocycles. The van der Waals surface area contributed by atoms with Crippen molar-refractivity contribution in [1.29, 1.82) is 0 Å². The molecule has 1 aromatic rings. The molecule has 1 atom stereocenters. The lowest BCUT2D eigenvalue weighted by Crippen LogP contribution is -2.52. The molecule has 0 saturated carbocycles. The Hall–Kier alpha value is -0.520. The van der Waals surface area contributed by atoms with Crippen LogP contribution in [0.5, 0.6) is 0 Å². The molecule has 0 aromatic carbocycles. The summed E-state index contributed by atoms with van der Waals surface area (Å²) < 4.78 is 26.2. The highest BCUT2D eigenvalue weighted by molar-refractivity contribution is 7.08. The van der Waals surface area contributed by atoms with Crippen molar-refractivity contribution in [2.24, 2.45) is 5.73 Å². The van der Waals surface area contributed by atoms with Crippen LogP contribution in [0.3, 0.4) is 0 Å². The number of thiophene rings is 1. The molecule has 0 radical (unpaired) electrons. The Morgan fingerprint density at radius 1 is 1.62 bits per heavy atom. The smallest absolute Gasteiger partial charge is 0.292 e. The van der Waals surface area contributed by atoms with Crippen LogP contribution in [0.25, 0.3) is 0 Å². The van der Waals surface area contributed by atoms with Crippen LogP contribution in [-0.4, -0.2) is 17.6 Å². The van der Waals surface area contributed by atoms with Crippen LogP contribution in [0, 0.1) is 0 Å². The summed E-state index contributed by atoms with van der Waals surface area (Å²) in [4.78, 5) is 0. The van der Waals surface area contributed by atoms with Gasteiger partial charge in [0.2, 0.25) is 0 Å². The maximum atomic E-state index is 13.1. The number of aliphatic hydroxyl groups excluding tert-OH is 1. The van der Waals surface area contributed by atoms with Crippen LogP contribution in [0.15, 0.2) is 16.8 Å². The fraction of sp³-hybridized carbons (Fsp3) is 0.500. The van der Waals surface area contributed by atoms with Gasteiger partial charge in [0.05, 0.1) is 0 Å². The predicted molar refractivity (Wildman–Crippen MR) is 47.9 cm³/mol. The van der Waals surface area contributed by atoms with Crippen LogP contribution in [-0.2, 0) is 5.54 Å². The van der Waals surface area contributed by atoms with Gasteiger partial charge in [-0.15, -0.1) is 0 Å². The molecule has 1 rings (SSSR count). The van der Waals surface area contributed by atoms with Crippen molar-refractivity contribution in [1.82, 2.24) is 0 Å². The molecule has 0 saturated heterocycles. The summed E-state index contributed by atoms with van der Waals surface area (Å²) in [5, 5.41) is 11.7. The third-order valence-electron chi connectivity index (χ3n) is 2.08. The van der Waals surface area contributed by atoms with E-state index in [-0.39, 0.29) is 0 Å². The summed E-state index contributed by atoms with van der Waals surface area (Å²) >= 11 is 1.30. The molecule has 0 aliphatic rings. The number of rotatable bonds is 3. The maximum Gasteiger partial charge on any atom is 0.292 e. The van der Waals surface area contributed by atoms with Gasteiger partial charge in [-0.25, -0.2) is 8.78 Å². The van der Waals surface area contributed by atoms with Crippen molar-refractivity contribution >= 4 is 11.3 Å². The van der Waals surface area contributed by atoms with Gasteiger partial charge in [-0.05, 0) is 29.3 Å². The molecule has 0 unspecified atom stereocenters. The molecule has 13 heavy (non-hydrogen) atoms. The molecular weight excluding hydrogens is 196 g/mol. The highest BCUT2D eigenvalue weighted by atomic mass is 32.1. The zero-order valence-corrected chi connectivity index (χ0v) is 7.94. The summed E-state index contributed by atoms with van der Waals surface area (Å²) in [6.45, 7) is -0.0267. The SMILES string of the molecule is C[C@](N)(c1ccsc1)C(F)(F)CO. The second kappa shape index (κ2) is 3.32. The Morgan fingerprint density at radius 3 is 2.62 bits per heavy atom. The molecule has 1 aromatic heterocycles. The van der Waals surface area contributed by atoms with E-state index in [9.17, 15) is 8.78 Å². The summed E-state index contributed by atoms with van der Waals surface area (Å²) in [5.74, 6) is -3.30. The molecule has 1 heterocycles. The fourth-order valence-electron chi connectivity index (χ4n) is 0.935. The van der Waals surface area contributed by atoms with Gasteiger partial charge in [0.25, 0.3) is 5.92 Å². The first kappa shape index (κ1) is 10.6. The van der Waals surface area contributed by atoms with Crippen molar-refractivity contribution in [3.05, 3.63) is 22.4 Å². The van der Waals surface area contributed by atoms with E-state index in [0.29, 0.717) is 5.56 Å². The zero-order valence-electron chi connectivity index (χ0n) is 7.13. The molecular formula is C8H11F2NOS. The number of aliphatic hydroxyl groups is 1. The van der Waals surface area contributed by atoms with E-state index in [4.69, 9.17) is 10.8 Å². The first-order valence-electron chi connectivity index (χ1n) is 3.72. The van der Waals surface area contributed by atoms with Crippen molar-refractivity contribution in [2.45, 2.75) is 18.4 Å². The standard InChI is InChI=1S/C8H11F2NOS/c1-7(11,8(9,10)5-12)6-2-3-13-4-6/h2-4,12H,5,11H2,1H3/t7-/m0/s1. The number of alkyl halides is 2. The van der Waals surface area contributed by atoms with Gasteiger partial charge >= 0.3 is 0 Å². The third kappa shape index (κ3) is 1.72. The highest BCUT2D eigenvalue weighted by Crippen LogP contribution is 2.35. The summed E-state index contributed by atoms with van der Waals surface area (Å²) in [7, 11) is 0. The van der Waals surface area contributed by atoms with Crippen molar-refractivity contribution in [3.63, 3.8) is 0 Å². The normalized spacial score (nSPS) is 17.0. The lowest BCUT2D eigenvalue weighted by atomic mass is 9.89. The van der Waals surface area contributed by atoms with Gasteiger partial charge in [0.1, 0.15) is 12.1 Å². The van der Waals surface area contributed by atoms with Gasteiger partial charge in [-0.2, -0.15) is 11.3 Å². The van der Waals surface area contributed by atoms with Crippen LogP contribution >= 0.6 is 11.3 Å². The Labute approximate surface area is 79.0 Å². The molecule has 3 N–H and O–H groups in total. The number of hydrogen-bond donors (Lipinski definition) is 2. The molecule has 0 bridgehead atoms. The Bertz CT molecular complexity index is 272. The molecule has 2 nitrogen and oxygen atoms in total. The first-order chi connectivity index (χ1) is 5.92. The maximum absolute atomic E-state index is 13.1. The third-order valence-corrected chi connectivity index (χ3v) is 2.76. The van der Waals surface area contributed by atoms with Gasteiger partial charge in [-0.1, -0.05) is 0 Å². The average molecular weight is 207 g/mol. The minimum atomic E-state index is -3.30. The van der Waals surface area contributed by atoms with Crippen LogP contribution in [0.1, 0.15) is 12.5 Å². The fourth-order valence-corrected chi connectivity index (χ4v) is 1.71. The van der Waals surface area contributed by atoms with E-state index < -0.39 is 18.1 Å². The Morgan fingerprint density at radius 2 is 2.23 bits per heavy atom. The van der Waals surface area contributed by atoms with Crippen LogP contribution < -0.4 is 5.73 Å². The van der Waals surface area contributed by atoms with E-state index in [1.165, 1.54) is 24.3 Å². The molecule has 0 spiro atoms. The van der Waals surface area contributed by atoms with Crippen LogP contribution in [0.2, 0.25) is 0 Å². The largest absolute Gasteiger partial charge is 0.390 e. The topological polar surface area (TPSA) is 46.2 Å². The van der Waals surface area contributed by atoms with Gasteiger partial charge in [-0.3, -0.25) is 0 Å². The molecule has 5 heteroatoms. The minimum absolute atomic E-state index is 0.344. The van der Waals surface area contributed by atoms with Crippen LogP contribution in [0.4, 0.5) is 8.78 Å². The molecule has 74 valence electrons. The van der Waals surface area contributed by atoms with E-state index in [0.717, 1.165) is 0 Å². The molecule has 0 aliphatic carbocycles. The average Bonchev–Trinajstić information content (AvgIpc) is 2.56.